The SMILES string of the molecule is O=C1OCC/C1=C\Nc1ccc(Br)cn1. The Balaban J connectivity index is 2.03. The van der Waals surface area contributed by atoms with Gasteiger partial charge in [0.25, 0.3) is 0 Å². The van der Waals surface area contributed by atoms with Crippen LogP contribution in [0.3, 0.4) is 0 Å². The minimum Gasteiger partial charge on any atom is -0.462 e. The highest BCUT2D eigenvalue weighted by molar-refractivity contribution is 9.10. The molecule has 2 rings (SSSR count). The number of hydrogen-bond acceptors (Lipinski definition) is 4. The maximum absolute atomic E-state index is 11.1. The standard InChI is InChI=1S/C10H9BrN2O2/c11-8-1-2-9(13-6-8)12-5-7-3-4-15-10(7)14/h1-2,5-6H,3-4H2,(H,12,13)/b7-5+. The number of aromatic nitrogens is 1. The van der Waals surface area contributed by atoms with Gasteiger partial charge in [-0.2, -0.15) is 0 Å². The summed E-state index contributed by atoms with van der Waals surface area (Å²) in [5, 5.41) is 2.95. The van der Waals surface area contributed by atoms with Gasteiger partial charge in [0.05, 0.1) is 12.2 Å². The van der Waals surface area contributed by atoms with Gasteiger partial charge in [-0.05, 0) is 28.1 Å². The number of nitrogens with one attached hydrogen (secondary N) is 1. The molecule has 2 heterocycles. The van der Waals surface area contributed by atoms with Crippen molar-refractivity contribution in [2.24, 2.45) is 0 Å². The highest BCUT2D eigenvalue weighted by Gasteiger charge is 2.17. The monoisotopic (exact) mass is 268 g/mol. The Labute approximate surface area is 95.5 Å². The fraction of sp³-hybridized carbons (Fsp3) is 0.200. The molecule has 1 aliphatic rings. The first-order valence-corrected chi connectivity index (χ1v) is 5.29. The highest BCUT2D eigenvalue weighted by Crippen LogP contribution is 2.14. The third-order valence-corrected chi connectivity index (χ3v) is 2.46. The second-order valence-corrected chi connectivity index (χ2v) is 3.98. The van der Waals surface area contributed by atoms with Crippen LogP contribution in [0, 0.1) is 0 Å². The van der Waals surface area contributed by atoms with E-state index in [1.165, 1.54) is 0 Å². The molecule has 1 aliphatic heterocycles. The molecule has 1 fully saturated rings. The van der Waals surface area contributed by atoms with E-state index in [0.717, 1.165) is 4.47 Å². The summed E-state index contributed by atoms with van der Waals surface area (Å²) in [6.07, 6.45) is 3.99. The van der Waals surface area contributed by atoms with Crippen molar-refractivity contribution in [3.8, 4) is 0 Å². The van der Waals surface area contributed by atoms with E-state index in [1.54, 1.807) is 12.4 Å². The van der Waals surface area contributed by atoms with E-state index >= 15 is 0 Å². The Bertz CT molecular complexity index is 400. The molecule has 0 aromatic carbocycles. The molecule has 0 saturated carbocycles. The van der Waals surface area contributed by atoms with Crippen molar-refractivity contribution in [2.75, 3.05) is 11.9 Å². The fourth-order valence-electron chi connectivity index (χ4n) is 1.20. The average molecular weight is 269 g/mol. The van der Waals surface area contributed by atoms with Gasteiger partial charge in [-0.25, -0.2) is 9.78 Å². The lowest BCUT2D eigenvalue weighted by molar-refractivity contribution is -0.135. The van der Waals surface area contributed by atoms with Gasteiger partial charge in [0.15, 0.2) is 0 Å². The van der Waals surface area contributed by atoms with Crippen molar-refractivity contribution in [3.63, 3.8) is 0 Å². The molecule has 78 valence electrons. The second kappa shape index (κ2) is 4.44. The molecule has 0 bridgehead atoms. The number of carbonyl (C=O) groups excluding carboxylic acids is 1. The summed E-state index contributed by atoms with van der Waals surface area (Å²) < 4.78 is 5.72. The van der Waals surface area contributed by atoms with E-state index in [2.05, 4.69) is 26.2 Å². The number of carbonyl (C=O) groups is 1. The van der Waals surface area contributed by atoms with Gasteiger partial charge >= 0.3 is 5.97 Å². The molecule has 5 heteroatoms. The third-order valence-electron chi connectivity index (χ3n) is 1.99. The van der Waals surface area contributed by atoms with Crippen LogP contribution in [0.1, 0.15) is 6.42 Å². The van der Waals surface area contributed by atoms with Crippen LogP contribution in [0.25, 0.3) is 0 Å². The molecule has 1 aromatic rings. The molecular formula is C10H9BrN2O2. The van der Waals surface area contributed by atoms with Crippen LogP contribution in [0.4, 0.5) is 5.82 Å². The molecule has 1 saturated heterocycles. The Hall–Kier alpha value is -1.36. The fourth-order valence-corrected chi connectivity index (χ4v) is 1.44. The van der Waals surface area contributed by atoms with Crippen molar-refractivity contribution in [2.45, 2.75) is 6.42 Å². The van der Waals surface area contributed by atoms with E-state index in [1.807, 2.05) is 12.1 Å². The van der Waals surface area contributed by atoms with Crippen molar-refractivity contribution >= 4 is 27.7 Å². The Kier molecular flexibility index (Phi) is 3.01. The van der Waals surface area contributed by atoms with E-state index in [4.69, 9.17) is 4.74 Å². The van der Waals surface area contributed by atoms with Crippen LogP contribution in [0.15, 0.2) is 34.6 Å². The normalized spacial score (nSPS) is 17.9. The first-order chi connectivity index (χ1) is 7.25. The van der Waals surface area contributed by atoms with Gasteiger partial charge in [-0.1, -0.05) is 0 Å². The van der Waals surface area contributed by atoms with E-state index in [9.17, 15) is 4.79 Å². The predicted molar refractivity (Wildman–Crippen MR) is 59.2 cm³/mol. The number of rotatable bonds is 2. The summed E-state index contributed by atoms with van der Waals surface area (Å²) in [5.41, 5.74) is 0.653. The third kappa shape index (κ3) is 2.56. The Morgan fingerprint density at radius 3 is 3.00 bits per heavy atom. The molecule has 1 aromatic heterocycles. The van der Waals surface area contributed by atoms with Crippen molar-refractivity contribution in [3.05, 3.63) is 34.6 Å². The number of pyridine rings is 1. The van der Waals surface area contributed by atoms with Gasteiger partial charge in [-0.15, -0.1) is 0 Å². The predicted octanol–water partition coefficient (Wildman–Crippen LogP) is 2.09. The number of anilines is 1. The summed E-state index contributed by atoms with van der Waals surface area (Å²) in [4.78, 5) is 15.2. The van der Waals surface area contributed by atoms with Crippen LogP contribution in [-0.2, 0) is 9.53 Å². The molecule has 0 amide bonds. The molecule has 0 aliphatic carbocycles. The second-order valence-electron chi connectivity index (χ2n) is 3.06. The van der Waals surface area contributed by atoms with E-state index in [0.29, 0.717) is 24.4 Å². The zero-order valence-corrected chi connectivity index (χ0v) is 9.45. The van der Waals surface area contributed by atoms with Crippen LogP contribution in [0.5, 0.6) is 0 Å². The van der Waals surface area contributed by atoms with Gasteiger partial charge < -0.3 is 10.1 Å². The molecule has 0 spiro atoms. The van der Waals surface area contributed by atoms with Crippen molar-refractivity contribution in [1.82, 2.24) is 4.98 Å². The average Bonchev–Trinajstić information content (AvgIpc) is 2.63. The molecule has 0 atom stereocenters. The van der Waals surface area contributed by atoms with E-state index in [-0.39, 0.29) is 5.97 Å². The minimum absolute atomic E-state index is 0.250. The molecular weight excluding hydrogens is 260 g/mol. The maximum Gasteiger partial charge on any atom is 0.335 e. The largest absolute Gasteiger partial charge is 0.462 e. The summed E-state index contributed by atoms with van der Waals surface area (Å²) in [5.74, 6) is 0.449. The molecule has 0 radical (unpaired) electrons. The Morgan fingerprint density at radius 1 is 1.53 bits per heavy atom. The molecule has 1 N–H and O–H groups in total. The van der Waals surface area contributed by atoms with Gasteiger partial charge in [0.1, 0.15) is 5.82 Å². The molecule has 0 unspecified atom stereocenters. The Morgan fingerprint density at radius 2 is 2.40 bits per heavy atom. The maximum atomic E-state index is 11.1. The summed E-state index contributed by atoms with van der Waals surface area (Å²) in [7, 11) is 0. The van der Waals surface area contributed by atoms with Crippen LogP contribution in [-0.4, -0.2) is 17.6 Å². The number of ether oxygens (including phenoxy) is 1. The van der Waals surface area contributed by atoms with Crippen LogP contribution < -0.4 is 5.32 Å². The lowest BCUT2D eigenvalue weighted by Gasteiger charge is -1.99. The van der Waals surface area contributed by atoms with Crippen molar-refractivity contribution < 1.29 is 9.53 Å². The zero-order valence-electron chi connectivity index (χ0n) is 7.87. The summed E-state index contributed by atoms with van der Waals surface area (Å²) in [6.45, 7) is 0.472. The first kappa shape index (κ1) is 10.2. The molecule has 15 heavy (non-hydrogen) atoms. The number of cyclic esters (lactones) is 1. The minimum atomic E-state index is -0.250. The number of halogens is 1. The number of hydrogen-bond donors (Lipinski definition) is 1. The van der Waals surface area contributed by atoms with Gasteiger partial charge in [0.2, 0.25) is 0 Å². The summed E-state index contributed by atoms with van der Waals surface area (Å²) >= 11 is 3.29. The van der Waals surface area contributed by atoms with Crippen molar-refractivity contribution in [1.29, 1.82) is 0 Å². The van der Waals surface area contributed by atoms with Gasteiger partial charge in [0, 0.05) is 23.3 Å². The lowest BCUT2D eigenvalue weighted by Crippen LogP contribution is -1.99. The summed E-state index contributed by atoms with van der Waals surface area (Å²) in [6, 6.07) is 3.70. The first-order valence-electron chi connectivity index (χ1n) is 4.50. The number of esters is 1. The lowest BCUT2D eigenvalue weighted by atomic mass is 10.2. The van der Waals surface area contributed by atoms with Crippen LogP contribution in [0.2, 0.25) is 0 Å². The highest BCUT2D eigenvalue weighted by atomic mass is 79.9. The van der Waals surface area contributed by atoms with Crippen LogP contribution >= 0.6 is 15.9 Å². The molecule has 4 nitrogen and oxygen atoms in total. The zero-order chi connectivity index (χ0) is 10.7. The topological polar surface area (TPSA) is 51.2 Å². The van der Waals surface area contributed by atoms with E-state index < -0.39 is 0 Å². The van der Waals surface area contributed by atoms with Gasteiger partial charge in [-0.3, -0.25) is 0 Å². The smallest absolute Gasteiger partial charge is 0.335 e. The number of nitrogens with zero attached hydrogens (tertiary/aromatic N) is 1. The quantitative estimate of drug-likeness (QED) is 0.659.